The number of benzene rings is 1. The highest BCUT2D eigenvalue weighted by Gasteiger charge is 2.16. The molecule has 0 spiro atoms. The van der Waals surface area contributed by atoms with Gasteiger partial charge in [-0.2, -0.15) is 5.26 Å². The Morgan fingerprint density at radius 3 is 2.81 bits per heavy atom. The van der Waals surface area contributed by atoms with Crippen LogP contribution in [0.1, 0.15) is 31.4 Å². The number of nitrogens with zero attached hydrogens (tertiary/aromatic N) is 1. The summed E-state index contributed by atoms with van der Waals surface area (Å²) in [7, 11) is 0. The molecule has 0 heterocycles. The van der Waals surface area contributed by atoms with Crippen LogP contribution in [0.3, 0.4) is 0 Å². The van der Waals surface area contributed by atoms with Gasteiger partial charge in [-0.05, 0) is 12.5 Å². The first-order valence-electron chi connectivity index (χ1n) is 5.12. The third kappa shape index (κ3) is 3.06. The van der Waals surface area contributed by atoms with Crippen LogP contribution >= 0.6 is 0 Å². The molecule has 84 valence electrons. The normalized spacial score (nSPS) is 11.6. The van der Waals surface area contributed by atoms with Crippen LogP contribution in [0.2, 0.25) is 0 Å². The maximum Gasteiger partial charge on any atom is 0.221 e. The van der Waals surface area contributed by atoms with Crippen LogP contribution in [0.4, 0.5) is 4.39 Å². The highest BCUT2D eigenvalue weighted by atomic mass is 19.1. The molecule has 0 radical (unpaired) electrons. The lowest BCUT2D eigenvalue weighted by Crippen LogP contribution is -2.27. The molecule has 1 aromatic carbocycles. The first kappa shape index (κ1) is 12.2. The van der Waals surface area contributed by atoms with E-state index in [1.807, 2.05) is 13.0 Å². The van der Waals surface area contributed by atoms with Crippen LogP contribution in [0.25, 0.3) is 0 Å². The van der Waals surface area contributed by atoms with Gasteiger partial charge in [-0.3, -0.25) is 4.79 Å². The molecule has 1 amide bonds. The summed E-state index contributed by atoms with van der Waals surface area (Å²) in [5.41, 5.74) is 0.203. The third-order valence-corrected chi connectivity index (χ3v) is 2.13. The molecule has 0 bridgehead atoms. The fraction of sp³-hybridized carbons (Fsp3) is 0.333. The number of rotatable bonds is 4. The molecule has 1 atom stereocenters. The Morgan fingerprint density at radius 1 is 1.56 bits per heavy atom. The zero-order chi connectivity index (χ0) is 12.0. The Kier molecular flexibility index (Phi) is 4.46. The standard InChI is InChI=1S/C12H13FN2O/c1-2-5-12(16)15-11(8-14)9-6-3-4-7-10(9)13/h3-4,6-7,11H,2,5H2,1H3,(H,15,16). The first-order valence-corrected chi connectivity index (χ1v) is 5.12. The zero-order valence-electron chi connectivity index (χ0n) is 9.03. The third-order valence-electron chi connectivity index (χ3n) is 2.13. The van der Waals surface area contributed by atoms with Crippen molar-refractivity contribution in [1.29, 1.82) is 5.26 Å². The molecular weight excluding hydrogens is 207 g/mol. The molecule has 0 fully saturated rings. The Labute approximate surface area is 93.9 Å². The van der Waals surface area contributed by atoms with Crippen molar-refractivity contribution in [2.75, 3.05) is 0 Å². The van der Waals surface area contributed by atoms with E-state index < -0.39 is 11.9 Å². The van der Waals surface area contributed by atoms with E-state index in [4.69, 9.17) is 5.26 Å². The molecule has 0 saturated carbocycles. The SMILES string of the molecule is CCCC(=O)NC(C#N)c1ccccc1F. The summed E-state index contributed by atoms with van der Waals surface area (Å²) >= 11 is 0. The largest absolute Gasteiger partial charge is 0.337 e. The Hall–Kier alpha value is -1.89. The summed E-state index contributed by atoms with van der Waals surface area (Å²) in [4.78, 5) is 11.3. The van der Waals surface area contributed by atoms with Gasteiger partial charge in [-0.25, -0.2) is 4.39 Å². The molecule has 4 heteroatoms. The Balaban J connectivity index is 2.80. The van der Waals surface area contributed by atoms with E-state index in [1.165, 1.54) is 12.1 Å². The number of nitrogens with one attached hydrogen (secondary N) is 1. The molecule has 3 nitrogen and oxygen atoms in total. The summed E-state index contributed by atoms with van der Waals surface area (Å²) in [6.07, 6.45) is 1.04. The molecule has 1 rings (SSSR count). The van der Waals surface area contributed by atoms with Gasteiger partial charge < -0.3 is 5.32 Å². The van der Waals surface area contributed by atoms with Crippen molar-refractivity contribution in [3.63, 3.8) is 0 Å². The predicted octanol–water partition coefficient (Wildman–Crippen LogP) is 2.31. The number of hydrogen-bond donors (Lipinski definition) is 1. The topological polar surface area (TPSA) is 52.9 Å². The number of nitriles is 1. The van der Waals surface area contributed by atoms with Crippen LogP contribution in [-0.2, 0) is 4.79 Å². The lowest BCUT2D eigenvalue weighted by Gasteiger charge is -2.12. The molecule has 1 N–H and O–H groups in total. The molecular formula is C12H13FN2O. The van der Waals surface area contributed by atoms with Gasteiger partial charge in [0.1, 0.15) is 11.9 Å². The number of halogens is 1. The van der Waals surface area contributed by atoms with Crippen molar-refractivity contribution >= 4 is 5.91 Å². The van der Waals surface area contributed by atoms with Crippen LogP contribution in [0.15, 0.2) is 24.3 Å². The van der Waals surface area contributed by atoms with Crippen LogP contribution in [0.5, 0.6) is 0 Å². The highest BCUT2D eigenvalue weighted by molar-refractivity contribution is 5.76. The average molecular weight is 220 g/mol. The van der Waals surface area contributed by atoms with Crippen molar-refractivity contribution in [2.24, 2.45) is 0 Å². The predicted molar refractivity (Wildman–Crippen MR) is 57.8 cm³/mol. The van der Waals surface area contributed by atoms with Gasteiger partial charge in [0.2, 0.25) is 5.91 Å². The minimum Gasteiger partial charge on any atom is -0.337 e. The van der Waals surface area contributed by atoms with Gasteiger partial charge in [0.05, 0.1) is 6.07 Å². The number of carbonyl (C=O) groups excluding carboxylic acids is 1. The van der Waals surface area contributed by atoms with Crippen LogP contribution < -0.4 is 5.32 Å². The second-order valence-electron chi connectivity index (χ2n) is 3.40. The molecule has 0 aromatic heterocycles. The summed E-state index contributed by atoms with van der Waals surface area (Å²) in [5.74, 6) is -0.719. The quantitative estimate of drug-likeness (QED) is 0.846. The van der Waals surface area contributed by atoms with Gasteiger partial charge in [0.25, 0.3) is 0 Å². The van der Waals surface area contributed by atoms with E-state index in [1.54, 1.807) is 12.1 Å². The Bertz CT molecular complexity index is 412. The van der Waals surface area contributed by atoms with Crippen molar-refractivity contribution < 1.29 is 9.18 Å². The van der Waals surface area contributed by atoms with Crippen molar-refractivity contribution in [1.82, 2.24) is 5.32 Å². The van der Waals surface area contributed by atoms with Gasteiger partial charge >= 0.3 is 0 Å². The van der Waals surface area contributed by atoms with Crippen LogP contribution in [0, 0.1) is 17.1 Å². The minimum absolute atomic E-state index is 0.203. The van der Waals surface area contributed by atoms with Crippen LogP contribution in [-0.4, -0.2) is 5.91 Å². The fourth-order valence-electron chi connectivity index (χ4n) is 1.35. The summed E-state index contributed by atoms with van der Waals surface area (Å²) in [5, 5.41) is 11.4. The molecule has 16 heavy (non-hydrogen) atoms. The maximum atomic E-state index is 13.4. The maximum absolute atomic E-state index is 13.4. The van der Waals surface area contributed by atoms with E-state index in [0.29, 0.717) is 12.8 Å². The van der Waals surface area contributed by atoms with E-state index in [9.17, 15) is 9.18 Å². The van der Waals surface area contributed by atoms with Gasteiger partial charge in [0.15, 0.2) is 0 Å². The molecule has 0 aliphatic heterocycles. The van der Waals surface area contributed by atoms with Gasteiger partial charge in [-0.15, -0.1) is 0 Å². The van der Waals surface area contributed by atoms with Crippen molar-refractivity contribution in [3.8, 4) is 6.07 Å². The zero-order valence-corrected chi connectivity index (χ0v) is 9.03. The van der Waals surface area contributed by atoms with E-state index in [-0.39, 0.29) is 11.5 Å². The number of hydrogen-bond acceptors (Lipinski definition) is 2. The van der Waals surface area contributed by atoms with E-state index >= 15 is 0 Å². The van der Waals surface area contributed by atoms with E-state index in [2.05, 4.69) is 5.32 Å². The molecule has 0 saturated heterocycles. The van der Waals surface area contributed by atoms with Crippen molar-refractivity contribution in [2.45, 2.75) is 25.8 Å². The average Bonchev–Trinajstić information content (AvgIpc) is 2.27. The second kappa shape index (κ2) is 5.86. The molecule has 0 aliphatic rings. The molecule has 0 aliphatic carbocycles. The molecule has 1 unspecified atom stereocenters. The highest BCUT2D eigenvalue weighted by Crippen LogP contribution is 2.16. The monoisotopic (exact) mass is 220 g/mol. The lowest BCUT2D eigenvalue weighted by molar-refractivity contribution is -0.121. The van der Waals surface area contributed by atoms with Crippen molar-refractivity contribution in [3.05, 3.63) is 35.6 Å². The summed E-state index contributed by atoms with van der Waals surface area (Å²) in [6, 6.07) is 6.90. The smallest absolute Gasteiger partial charge is 0.221 e. The minimum atomic E-state index is -0.916. The second-order valence-corrected chi connectivity index (χ2v) is 3.40. The van der Waals surface area contributed by atoms with Gasteiger partial charge in [0, 0.05) is 12.0 Å². The van der Waals surface area contributed by atoms with Gasteiger partial charge in [-0.1, -0.05) is 25.1 Å². The first-order chi connectivity index (χ1) is 7.69. The summed E-state index contributed by atoms with van der Waals surface area (Å²) in [6.45, 7) is 1.87. The number of amides is 1. The summed E-state index contributed by atoms with van der Waals surface area (Å²) < 4.78 is 13.4. The Morgan fingerprint density at radius 2 is 2.25 bits per heavy atom. The number of carbonyl (C=O) groups is 1. The van der Waals surface area contributed by atoms with E-state index in [0.717, 1.165) is 0 Å². The lowest BCUT2D eigenvalue weighted by atomic mass is 10.1. The fourth-order valence-corrected chi connectivity index (χ4v) is 1.35. The molecule has 1 aromatic rings.